The van der Waals surface area contributed by atoms with Gasteiger partial charge in [0.25, 0.3) is 10.0 Å². The van der Waals surface area contributed by atoms with E-state index < -0.39 is 10.0 Å². The lowest BCUT2D eigenvalue weighted by molar-refractivity contribution is -0.109. The van der Waals surface area contributed by atoms with Crippen molar-refractivity contribution in [2.24, 2.45) is 0 Å². The molecule has 1 aromatic heterocycles. The summed E-state index contributed by atoms with van der Waals surface area (Å²) in [6.07, 6.45) is 0. The molecule has 1 N–H and O–H groups in total. The van der Waals surface area contributed by atoms with Crippen LogP contribution in [0.1, 0.15) is 17.3 Å². The Hall–Kier alpha value is -2.16. The number of benzene rings is 2. The highest BCUT2D eigenvalue weighted by atomic mass is 32.2. The van der Waals surface area contributed by atoms with E-state index in [1.165, 1.54) is 31.2 Å². The maximum absolute atomic E-state index is 12.5. The number of ketones is 1. The molecule has 0 aliphatic heterocycles. The number of hydrogen-bond acceptors (Lipinski definition) is 6. The first-order chi connectivity index (χ1) is 12.3. The quantitative estimate of drug-likeness (QED) is 0.623. The number of carbonyl (C=O) groups excluding carboxylic acids is 2. The van der Waals surface area contributed by atoms with Crippen LogP contribution in [-0.4, -0.2) is 25.1 Å². The maximum atomic E-state index is 12.5. The SMILES string of the molecule is CC(=O)SCC(=O)c1ccc(S(=O)(=O)Nc2ccc3sccc3c2)cc1. The van der Waals surface area contributed by atoms with Crippen molar-refractivity contribution in [3.05, 3.63) is 59.5 Å². The van der Waals surface area contributed by atoms with Crippen molar-refractivity contribution in [2.45, 2.75) is 11.8 Å². The van der Waals surface area contributed by atoms with Gasteiger partial charge in [0, 0.05) is 22.9 Å². The van der Waals surface area contributed by atoms with Crippen LogP contribution in [0.3, 0.4) is 0 Å². The smallest absolute Gasteiger partial charge is 0.261 e. The monoisotopic (exact) mass is 405 g/mol. The molecule has 0 spiro atoms. The van der Waals surface area contributed by atoms with Crippen molar-refractivity contribution in [3.63, 3.8) is 0 Å². The fraction of sp³-hybridized carbons (Fsp3) is 0.111. The second-order valence-corrected chi connectivity index (χ2v) is 9.29. The van der Waals surface area contributed by atoms with Gasteiger partial charge in [-0.05, 0) is 47.2 Å². The highest BCUT2D eigenvalue weighted by molar-refractivity contribution is 8.14. The van der Waals surface area contributed by atoms with E-state index in [0.29, 0.717) is 11.3 Å². The fourth-order valence-corrected chi connectivity index (χ4v) is 4.64. The number of thioether (sulfide) groups is 1. The van der Waals surface area contributed by atoms with E-state index in [-0.39, 0.29) is 21.5 Å². The summed E-state index contributed by atoms with van der Waals surface area (Å²) in [6, 6.07) is 13.0. The van der Waals surface area contributed by atoms with Crippen LogP contribution in [0.4, 0.5) is 5.69 Å². The number of rotatable bonds is 6. The van der Waals surface area contributed by atoms with Crippen molar-refractivity contribution in [3.8, 4) is 0 Å². The van der Waals surface area contributed by atoms with Gasteiger partial charge in [-0.25, -0.2) is 8.42 Å². The normalized spacial score (nSPS) is 11.4. The van der Waals surface area contributed by atoms with E-state index >= 15 is 0 Å². The molecule has 5 nitrogen and oxygen atoms in total. The molecule has 2 aromatic carbocycles. The predicted molar refractivity (Wildman–Crippen MR) is 107 cm³/mol. The summed E-state index contributed by atoms with van der Waals surface area (Å²) in [6.45, 7) is 1.40. The van der Waals surface area contributed by atoms with Gasteiger partial charge >= 0.3 is 0 Å². The molecular weight excluding hydrogens is 390 g/mol. The molecule has 26 heavy (non-hydrogen) atoms. The molecule has 1 heterocycles. The Morgan fingerprint density at radius 3 is 2.50 bits per heavy atom. The fourth-order valence-electron chi connectivity index (χ4n) is 2.31. The Kier molecular flexibility index (Phi) is 5.45. The van der Waals surface area contributed by atoms with Crippen LogP contribution in [0.5, 0.6) is 0 Å². The van der Waals surface area contributed by atoms with Gasteiger partial charge in [0.15, 0.2) is 10.9 Å². The van der Waals surface area contributed by atoms with Crippen LogP contribution in [0.25, 0.3) is 10.1 Å². The first-order valence-corrected chi connectivity index (χ1v) is 11.0. The third-order valence-electron chi connectivity index (χ3n) is 3.60. The predicted octanol–water partition coefficient (Wildman–Crippen LogP) is 4.16. The second-order valence-electron chi connectivity index (χ2n) is 5.51. The lowest BCUT2D eigenvalue weighted by Gasteiger charge is -2.09. The zero-order valence-corrected chi connectivity index (χ0v) is 16.2. The Balaban J connectivity index is 1.76. The van der Waals surface area contributed by atoms with E-state index in [4.69, 9.17) is 0 Å². The van der Waals surface area contributed by atoms with Crippen molar-refractivity contribution < 1.29 is 18.0 Å². The van der Waals surface area contributed by atoms with Gasteiger partial charge < -0.3 is 0 Å². The summed E-state index contributed by atoms with van der Waals surface area (Å²) in [5.41, 5.74) is 0.853. The van der Waals surface area contributed by atoms with Crippen LogP contribution < -0.4 is 4.72 Å². The first kappa shape index (κ1) is 18.6. The molecule has 3 rings (SSSR count). The number of anilines is 1. The zero-order valence-electron chi connectivity index (χ0n) is 13.8. The molecule has 134 valence electrons. The molecular formula is C18H15NO4S3. The molecule has 0 saturated heterocycles. The minimum absolute atomic E-state index is 0.0420. The average Bonchev–Trinajstić information content (AvgIpc) is 3.07. The van der Waals surface area contributed by atoms with Crippen molar-refractivity contribution in [1.29, 1.82) is 0 Å². The largest absolute Gasteiger partial charge is 0.293 e. The molecule has 0 amide bonds. The Labute approximate surface area is 159 Å². The van der Waals surface area contributed by atoms with Gasteiger partial charge in [-0.15, -0.1) is 11.3 Å². The maximum Gasteiger partial charge on any atom is 0.261 e. The van der Waals surface area contributed by atoms with E-state index in [1.54, 1.807) is 23.5 Å². The Bertz CT molecular complexity index is 1070. The number of fused-ring (bicyclic) bond motifs is 1. The summed E-state index contributed by atoms with van der Waals surface area (Å²) < 4.78 is 28.7. The van der Waals surface area contributed by atoms with Crippen LogP contribution in [0, 0.1) is 0 Å². The highest BCUT2D eigenvalue weighted by Gasteiger charge is 2.16. The minimum atomic E-state index is -3.75. The molecule has 0 bridgehead atoms. The van der Waals surface area contributed by atoms with Gasteiger partial charge in [-0.1, -0.05) is 23.9 Å². The lowest BCUT2D eigenvalue weighted by Crippen LogP contribution is -2.13. The van der Waals surface area contributed by atoms with Crippen molar-refractivity contribution in [2.75, 3.05) is 10.5 Å². The number of nitrogens with one attached hydrogen (secondary N) is 1. The topological polar surface area (TPSA) is 80.3 Å². The van der Waals surface area contributed by atoms with E-state index in [1.807, 2.05) is 17.5 Å². The molecule has 0 aliphatic rings. The zero-order chi connectivity index (χ0) is 18.7. The van der Waals surface area contributed by atoms with Gasteiger partial charge in [0.05, 0.1) is 10.6 Å². The number of thiophene rings is 1. The third kappa shape index (κ3) is 4.32. The van der Waals surface area contributed by atoms with Gasteiger partial charge in [0.2, 0.25) is 0 Å². The van der Waals surface area contributed by atoms with Crippen molar-refractivity contribution >= 4 is 59.8 Å². The molecule has 8 heteroatoms. The van der Waals surface area contributed by atoms with Crippen molar-refractivity contribution in [1.82, 2.24) is 0 Å². The van der Waals surface area contributed by atoms with E-state index in [0.717, 1.165) is 21.8 Å². The van der Waals surface area contributed by atoms with Gasteiger partial charge in [-0.2, -0.15) is 0 Å². The van der Waals surface area contributed by atoms with Crippen LogP contribution in [-0.2, 0) is 14.8 Å². The summed E-state index contributed by atoms with van der Waals surface area (Å²) in [5, 5.41) is 2.78. The number of hydrogen-bond donors (Lipinski definition) is 1. The molecule has 0 unspecified atom stereocenters. The summed E-state index contributed by atoms with van der Waals surface area (Å²) in [7, 11) is -3.75. The van der Waals surface area contributed by atoms with E-state index in [9.17, 15) is 18.0 Å². The number of carbonyl (C=O) groups is 2. The summed E-state index contributed by atoms with van der Waals surface area (Å²) in [5.74, 6) is -0.176. The number of Topliss-reactive ketones (excluding diaryl/α,β-unsaturated/α-hetero) is 1. The Morgan fingerprint density at radius 1 is 1.08 bits per heavy atom. The van der Waals surface area contributed by atoms with Crippen LogP contribution in [0.15, 0.2) is 58.8 Å². The lowest BCUT2D eigenvalue weighted by atomic mass is 10.1. The first-order valence-electron chi connectivity index (χ1n) is 7.62. The third-order valence-corrected chi connectivity index (χ3v) is 6.71. The van der Waals surface area contributed by atoms with Crippen LogP contribution in [0.2, 0.25) is 0 Å². The highest BCUT2D eigenvalue weighted by Crippen LogP contribution is 2.25. The summed E-state index contributed by atoms with van der Waals surface area (Å²) in [4.78, 5) is 23.0. The minimum Gasteiger partial charge on any atom is -0.293 e. The van der Waals surface area contributed by atoms with Crippen LogP contribution >= 0.6 is 23.1 Å². The molecule has 0 fully saturated rings. The molecule has 0 saturated carbocycles. The van der Waals surface area contributed by atoms with Gasteiger partial charge in [0.1, 0.15) is 0 Å². The Morgan fingerprint density at radius 2 is 1.81 bits per heavy atom. The molecule has 0 atom stereocenters. The standard InChI is InChI=1S/C18H15NO4S3/c1-12(20)25-11-17(21)13-2-5-16(6-3-13)26(22,23)19-15-4-7-18-14(10-15)8-9-24-18/h2-10,19H,11H2,1H3. The molecule has 3 aromatic rings. The van der Waals surface area contributed by atoms with E-state index in [2.05, 4.69) is 4.72 Å². The summed E-state index contributed by atoms with van der Waals surface area (Å²) >= 11 is 2.52. The second kappa shape index (κ2) is 7.61. The van der Waals surface area contributed by atoms with Gasteiger partial charge in [-0.3, -0.25) is 14.3 Å². The molecule has 0 aliphatic carbocycles. The molecule has 0 radical (unpaired) electrons. The average molecular weight is 406 g/mol. The number of sulfonamides is 1.